The maximum Gasteiger partial charge on any atom is 0.245 e. The molecule has 5 heteroatoms. The Morgan fingerprint density at radius 1 is 1.30 bits per heavy atom. The van der Waals surface area contributed by atoms with E-state index in [-0.39, 0.29) is 17.9 Å². The first kappa shape index (κ1) is 13.1. The van der Waals surface area contributed by atoms with Crippen molar-refractivity contribution in [1.82, 2.24) is 14.8 Å². The molecule has 1 aromatic heterocycles. The highest BCUT2D eigenvalue weighted by Crippen LogP contribution is 2.23. The molecule has 2 aliphatic rings. The average Bonchev–Trinajstić information content (AvgIpc) is 2.93. The molecule has 1 atom stereocenters. The molecule has 0 saturated carbocycles. The molecule has 2 amide bonds. The molecule has 106 valence electrons. The molecule has 3 rings (SSSR count). The maximum absolute atomic E-state index is 12.5. The Morgan fingerprint density at radius 3 is 3.00 bits per heavy atom. The molecular formula is C15H19N3O2. The van der Waals surface area contributed by atoms with Crippen LogP contribution in [0.3, 0.4) is 0 Å². The highest BCUT2D eigenvalue weighted by molar-refractivity contribution is 5.90. The third kappa shape index (κ3) is 2.53. The Balaban J connectivity index is 1.67. The molecule has 0 spiro atoms. The van der Waals surface area contributed by atoms with Crippen molar-refractivity contribution in [2.45, 2.75) is 31.7 Å². The molecule has 0 radical (unpaired) electrons. The van der Waals surface area contributed by atoms with Gasteiger partial charge in [0, 0.05) is 38.4 Å². The van der Waals surface area contributed by atoms with Gasteiger partial charge in [-0.15, -0.1) is 0 Å². The third-order valence-electron chi connectivity index (χ3n) is 4.16. The fourth-order valence-electron chi connectivity index (χ4n) is 3.05. The largest absolute Gasteiger partial charge is 0.340 e. The summed E-state index contributed by atoms with van der Waals surface area (Å²) in [6.45, 7) is 1.96. The van der Waals surface area contributed by atoms with Crippen molar-refractivity contribution in [2.24, 2.45) is 0 Å². The summed E-state index contributed by atoms with van der Waals surface area (Å²) in [5.74, 6) is 0.252. The fourth-order valence-corrected chi connectivity index (χ4v) is 3.05. The molecule has 3 heterocycles. The lowest BCUT2D eigenvalue weighted by Gasteiger charge is -2.25. The SMILES string of the molecule is O=C1C2CCCN2C(=O)CCN1CCc1cccnc1. The van der Waals surface area contributed by atoms with E-state index in [0.29, 0.717) is 19.5 Å². The minimum absolute atomic E-state index is 0.122. The van der Waals surface area contributed by atoms with Gasteiger partial charge in [0.25, 0.3) is 0 Å². The van der Waals surface area contributed by atoms with Gasteiger partial charge in [-0.3, -0.25) is 14.6 Å². The van der Waals surface area contributed by atoms with Gasteiger partial charge in [-0.1, -0.05) is 6.07 Å². The molecule has 1 aromatic rings. The van der Waals surface area contributed by atoms with Crippen LogP contribution in [0.5, 0.6) is 0 Å². The van der Waals surface area contributed by atoms with E-state index in [4.69, 9.17) is 0 Å². The quantitative estimate of drug-likeness (QED) is 0.820. The predicted molar refractivity (Wildman–Crippen MR) is 73.9 cm³/mol. The second-order valence-corrected chi connectivity index (χ2v) is 5.43. The van der Waals surface area contributed by atoms with Crippen molar-refractivity contribution in [2.75, 3.05) is 19.6 Å². The lowest BCUT2D eigenvalue weighted by molar-refractivity contribution is -0.139. The van der Waals surface area contributed by atoms with Crippen LogP contribution in [-0.2, 0) is 16.0 Å². The van der Waals surface area contributed by atoms with E-state index in [2.05, 4.69) is 4.98 Å². The second kappa shape index (κ2) is 5.61. The van der Waals surface area contributed by atoms with E-state index >= 15 is 0 Å². The van der Waals surface area contributed by atoms with Crippen LogP contribution in [0.1, 0.15) is 24.8 Å². The van der Waals surface area contributed by atoms with Gasteiger partial charge >= 0.3 is 0 Å². The fraction of sp³-hybridized carbons (Fsp3) is 0.533. The first-order valence-electron chi connectivity index (χ1n) is 7.23. The van der Waals surface area contributed by atoms with Gasteiger partial charge in [-0.25, -0.2) is 0 Å². The summed E-state index contributed by atoms with van der Waals surface area (Å²) in [6, 6.07) is 3.71. The molecule has 2 fully saturated rings. The van der Waals surface area contributed by atoms with E-state index in [1.54, 1.807) is 11.1 Å². The minimum atomic E-state index is -0.209. The Morgan fingerprint density at radius 2 is 2.20 bits per heavy atom. The number of pyridine rings is 1. The lowest BCUT2D eigenvalue weighted by atomic mass is 10.1. The standard InChI is InChI=1S/C15H19N3O2/c19-14-6-10-17(9-5-12-3-1-7-16-11-12)15(20)13-4-2-8-18(13)14/h1,3,7,11,13H,2,4-6,8-10H2. The van der Waals surface area contributed by atoms with Crippen LogP contribution >= 0.6 is 0 Å². The first-order valence-corrected chi connectivity index (χ1v) is 7.23. The van der Waals surface area contributed by atoms with Gasteiger partial charge in [0.05, 0.1) is 0 Å². The van der Waals surface area contributed by atoms with Crippen LogP contribution in [-0.4, -0.2) is 52.3 Å². The van der Waals surface area contributed by atoms with Crippen LogP contribution in [0.2, 0.25) is 0 Å². The molecular weight excluding hydrogens is 254 g/mol. The highest BCUT2D eigenvalue weighted by atomic mass is 16.2. The van der Waals surface area contributed by atoms with Crippen LogP contribution in [0.4, 0.5) is 0 Å². The van der Waals surface area contributed by atoms with Crippen molar-refractivity contribution >= 4 is 11.8 Å². The predicted octanol–water partition coefficient (Wildman–Crippen LogP) is 0.847. The Kier molecular flexibility index (Phi) is 3.67. The normalized spacial score (nSPS) is 22.9. The number of aromatic nitrogens is 1. The lowest BCUT2D eigenvalue weighted by Crippen LogP contribution is -2.44. The van der Waals surface area contributed by atoms with Crippen molar-refractivity contribution in [3.63, 3.8) is 0 Å². The van der Waals surface area contributed by atoms with Crippen LogP contribution < -0.4 is 0 Å². The number of rotatable bonds is 3. The van der Waals surface area contributed by atoms with E-state index in [0.717, 1.165) is 31.4 Å². The summed E-state index contributed by atoms with van der Waals surface area (Å²) < 4.78 is 0. The summed E-state index contributed by atoms with van der Waals surface area (Å²) in [5, 5.41) is 0. The minimum Gasteiger partial charge on any atom is -0.340 e. The van der Waals surface area contributed by atoms with Crippen molar-refractivity contribution in [3.8, 4) is 0 Å². The number of amides is 2. The van der Waals surface area contributed by atoms with Crippen molar-refractivity contribution < 1.29 is 9.59 Å². The average molecular weight is 273 g/mol. The van der Waals surface area contributed by atoms with E-state index in [9.17, 15) is 9.59 Å². The van der Waals surface area contributed by atoms with Gasteiger partial charge < -0.3 is 9.80 Å². The number of carbonyl (C=O) groups is 2. The topological polar surface area (TPSA) is 53.5 Å². The Hall–Kier alpha value is -1.91. The zero-order valence-corrected chi connectivity index (χ0v) is 11.5. The van der Waals surface area contributed by atoms with E-state index < -0.39 is 0 Å². The molecule has 2 saturated heterocycles. The molecule has 0 aromatic carbocycles. The molecule has 20 heavy (non-hydrogen) atoms. The second-order valence-electron chi connectivity index (χ2n) is 5.43. The van der Waals surface area contributed by atoms with Gasteiger partial charge in [0.2, 0.25) is 11.8 Å². The summed E-state index contributed by atoms with van der Waals surface area (Å²) in [5.41, 5.74) is 1.12. The monoisotopic (exact) mass is 273 g/mol. The third-order valence-corrected chi connectivity index (χ3v) is 4.16. The summed E-state index contributed by atoms with van der Waals surface area (Å²) in [6.07, 6.45) is 6.58. The number of hydrogen-bond donors (Lipinski definition) is 0. The van der Waals surface area contributed by atoms with Gasteiger partial charge in [-0.05, 0) is 30.9 Å². The molecule has 1 unspecified atom stereocenters. The van der Waals surface area contributed by atoms with Crippen molar-refractivity contribution in [3.05, 3.63) is 30.1 Å². The van der Waals surface area contributed by atoms with Gasteiger partial charge in [0.15, 0.2) is 0 Å². The Bertz CT molecular complexity index is 503. The molecule has 0 aliphatic carbocycles. The van der Waals surface area contributed by atoms with Crippen LogP contribution in [0, 0.1) is 0 Å². The number of carbonyl (C=O) groups excluding carboxylic acids is 2. The molecule has 2 aliphatic heterocycles. The van der Waals surface area contributed by atoms with E-state index in [1.807, 2.05) is 23.2 Å². The highest BCUT2D eigenvalue weighted by Gasteiger charge is 2.38. The number of nitrogens with zero attached hydrogens (tertiary/aromatic N) is 3. The van der Waals surface area contributed by atoms with Gasteiger partial charge in [-0.2, -0.15) is 0 Å². The zero-order valence-electron chi connectivity index (χ0n) is 11.5. The smallest absolute Gasteiger partial charge is 0.245 e. The maximum atomic E-state index is 12.5. The summed E-state index contributed by atoms with van der Waals surface area (Å²) in [7, 11) is 0. The first-order chi connectivity index (χ1) is 9.75. The molecule has 0 bridgehead atoms. The van der Waals surface area contributed by atoms with Crippen molar-refractivity contribution in [1.29, 1.82) is 0 Å². The molecule has 0 N–H and O–H groups in total. The summed E-state index contributed by atoms with van der Waals surface area (Å²) >= 11 is 0. The number of hydrogen-bond acceptors (Lipinski definition) is 3. The number of fused-ring (bicyclic) bond motifs is 1. The molecule has 5 nitrogen and oxygen atoms in total. The summed E-state index contributed by atoms with van der Waals surface area (Å²) in [4.78, 5) is 32.2. The Labute approximate surface area is 118 Å². The van der Waals surface area contributed by atoms with Crippen LogP contribution in [0.15, 0.2) is 24.5 Å². The zero-order chi connectivity index (χ0) is 13.9. The van der Waals surface area contributed by atoms with Crippen LogP contribution in [0.25, 0.3) is 0 Å². The van der Waals surface area contributed by atoms with E-state index in [1.165, 1.54) is 0 Å². The van der Waals surface area contributed by atoms with Gasteiger partial charge in [0.1, 0.15) is 6.04 Å².